The van der Waals surface area contributed by atoms with E-state index in [9.17, 15) is 4.79 Å². The van der Waals surface area contributed by atoms with Gasteiger partial charge in [-0.05, 0) is 60.6 Å². The molecule has 3 aromatic carbocycles. The number of anilines is 1. The fourth-order valence-corrected chi connectivity index (χ4v) is 3.61. The van der Waals surface area contributed by atoms with Gasteiger partial charge >= 0.3 is 0 Å². The number of nitrogens with zero attached hydrogens (tertiary/aromatic N) is 2. The van der Waals surface area contributed by atoms with Crippen LogP contribution >= 0.6 is 23.9 Å². The molecule has 4 rings (SSSR count). The Labute approximate surface area is 183 Å². The highest BCUT2D eigenvalue weighted by molar-refractivity contribution is 7.80. The van der Waals surface area contributed by atoms with Gasteiger partial charge in [0, 0.05) is 5.56 Å². The van der Waals surface area contributed by atoms with Crippen LogP contribution in [0.2, 0.25) is 0 Å². The van der Waals surface area contributed by atoms with Gasteiger partial charge in [-0.2, -0.15) is 8.75 Å². The molecule has 8 heteroatoms. The summed E-state index contributed by atoms with van der Waals surface area (Å²) in [7, 11) is 0. The Morgan fingerprint density at radius 1 is 1.03 bits per heavy atom. The zero-order chi connectivity index (χ0) is 20.9. The second-order valence-electron chi connectivity index (χ2n) is 6.60. The van der Waals surface area contributed by atoms with Crippen LogP contribution in [0.15, 0.2) is 66.7 Å². The standard InChI is InChI=1S/C22H18N4O2S2/c1-14-7-12-18-20(26-30-25-18)19(14)23-22(29)24-21(27)16-8-10-17(11-9-16)28-13-15-5-3-2-4-6-15/h2-12H,13H2,1H3,(H2,23,24,27,29). The molecule has 0 saturated heterocycles. The van der Waals surface area contributed by atoms with Crippen molar-refractivity contribution in [3.63, 3.8) is 0 Å². The van der Waals surface area contributed by atoms with Crippen molar-refractivity contribution in [2.75, 3.05) is 5.32 Å². The van der Waals surface area contributed by atoms with E-state index in [1.54, 1.807) is 24.3 Å². The van der Waals surface area contributed by atoms with Crippen molar-refractivity contribution in [1.29, 1.82) is 0 Å². The Morgan fingerprint density at radius 3 is 2.57 bits per heavy atom. The van der Waals surface area contributed by atoms with E-state index in [1.165, 1.54) is 0 Å². The normalized spacial score (nSPS) is 10.6. The number of hydrogen-bond donors (Lipinski definition) is 2. The van der Waals surface area contributed by atoms with E-state index in [1.807, 2.05) is 49.4 Å². The fraction of sp³-hybridized carbons (Fsp3) is 0.0909. The summed E-state index contributed by atoms with van der Waals surface area (Å²) in [5.41, 5.74) is 4.79. The van der Waals surface area contributed by atoms with Gasteiger partial charge in [0.1, 0.15) is 23.4 Å². The summed E-state index contributed by atoms with van der Waals surface area (Å²) in [6.45, 7) is 2.41. The molecule has 0 saturated carbocycles. The lowest BCUT2D eigenvalue weighted by molar-refractivity contribution is 0.0977. The summed E-state index contributed by atoms with van der Waals surface area (Å²) in [5, 5.41) is 5.97. The third kappa shape index (κ3) is 4.61. The molecule has 0 aliphatic heterocycles. The Balaban J connectivity index is 1.37. The van der Waals surface area contributed by atoms with Crippen LogP contribution in [0, 0.1) is 6.92 Å². The molecular weight excluding hydrogens is 416 g/mol. The van der Waals surface area contributed by atoms with E-state index >= 15 is 0 Å². The van der Waals surface area contributed by atoms with E-state index in [-0.39, 0.29) is 11.0 Å². The number of carbonyl (C=O) groups excluding carboxylic acids is 1. The first-order valence-electron chi connectivity index (χ1n) is 9.21. The van der Waals surface area contributed by atoms with E-state index in [0.29, 0.717) is 17.9 Å². The van der Waals surface area contributed by atoms with Crippen LogP contribution in [-0.2, 0) is 6.61 Å². The topological polar surface area (TPSA) is 76.1 Å². The molecule has 0 bridgehead atoms. The number of aromatic nitrogens is 2. The maximum Gasteiger partial charge on any atom is 0.257 e. The first-order chi connectivity index (χ1) is 14.6. The number of amides is 1. The van der Waals surface area contributed by atoms with Gasteiger partial charge in [-0.1, -0.05) is 36.4 Å². The molecule has 30 heavy (non-hydrogen) atoms. The Kier molecular flexibility index (Phi) is 5.97. The Morgan fingerprint density at radius 2 is 1.80 bits per heavy atom. The monoisotopic (exact) mass is 434 g/mol. The maximum atomic E-state index is 12.5. The van der Waals surface area contributed by atoms with Gasteiger partial charge in [-0.25, -0.2) is 0 Å². The average molecular weight is 435 g/mol. The number of nitrogens with one attached hydrogen (secondary N) is 2. The lowest BCUT2D eigenvalue weighted by Gasteiger charge is -2.12. The van der Waals surface area contributed by atoms with E-state index in [2.05, 4.69) is 19.4 Å². The van der Waals surface area contributed by atoms with Gasteiger partial charge < -0.3 is 10.1 Å². The minimum Gasteiger partial charge on any atom is -0.489 e. The molecule has 0 aliphatic rings. The molecule has 1 heterocycles. The van der Waals surface area contributed by atoms with Gasteiger partial charge in [-0.3, -0.25) is 10.1 Å². The number of thiocarbonyl (C=S) groups is 1. The molecular formula is C22H18N4O2S2. The smallest absolute Gasteiger partial charge is 0.257 e. The van der Waals surface area contributed by atoms with Crippen LogP contribution < -0.4 is 15.4 Å². The number of fused-ring (bicyclic) bond motifs is 1. The number of ether oxygens (including phenoxy) is 1. The van der Waals surface area contributed by atoms with Crippen LogP contribution in [0.1, 0.15) is 21.5 Å². The molecule has 0 unspecified atom stereocenters. The Bertz CT molecular complexity index is 1190. The maximum absolute atomic E-state index is 12.5. The number of benzene rings is 3. The first kappa shape index (κ1) is 19.9. The first-order valence-corrected chi connectivity index (χ1v) is 10.3. The zero-order valence-electron chi connectivity index (χ0n) is 16.1. The van der Waals surface area contributed by atoms with E-state index < -0.39 is 0 Å². The van der Waals surface area contributed by atoms with Crippen LogP contribution in [0.25, 0.3) is 11.0 Å². The average Bonchev–Trinajstić information content (AvgIpc) is 3.24. The predicted octanol–water partition coefficient (Wildman–Crippen LogP) is 4.71. The fourth-order valence-electron chi connectivity index (χ4n) is 2.87. The van der Waals surface area contributed by atoms with Crippen molar-refractivity contribution in [3.05, 3.63) is 83.4 Å². The number of aryl methyl sites for hydroxylation is 1. The molecule has 0 atom stereocenters. The third-order valence-electron chi connectivity index (χ3n) is 4.47. The molecule has 6 nitrogen and oxygen atoms in total. The molecule has 0 spiro atoms. The lowest BCUT2D eigenvalue weighted by atomic mass is 10.1. The second kappa shape index (κ2) is 8.98. The van der Waals surface area contributed by atoms with Crippen LogP contribution in [0.5, 0.6) is 5.75 Å². The summed E-state index contributed by atoms with van der Waals surface area (Å²) in [6.07, 6.45) is 0. The molecule has 2 N–H and O–H groups in total. The van der Waals surface area contributed by atoms with Crippen LogP contribution in [0.4, 0.5) is 5.69 Å². The zero-order valence-corrected chi connectivity index (χ0v) is 17.7. The molecule has 1 amide bonds. The highest BCUT2D eigenvalue weighted by atomic mass is 32.1. The van der Waals surface area contributed by atoms with Gasteiger partial charge in [-0.15, -0.1) is 0 Å². The van der Waals surface area contributed by atoms with Crippen molar-refractivity contribution in [2.24, 2.45) is 0 Å². The summed E-state index contributed by atoms with van der Waals surface area (Å²) < 4.78 is 14.3. The van der Waals surface area contributed by atoms with Gasteiger partial charge in [0.05, 0.1) is 17.4 Å². The largest absolute Gasteiger partial charge is 0.489 e. The van der Waals surface area contributed by atoms with Crippen molar-refractivity contribution in [1.82, 2.24) is 14.1 Å². The van der Waals surface area contributed by atoms with Gasteiger partial charge in [0.25, 0.3) is 5.91 Å². The summed E-state index contributed by atoms with van der Waals surface area (Å²) in [6, 6.07) is 20.7. The number of hydrogen-bond acceptors (Lipinski definition) is 6. The van der Waals surface area contributed by atoms with Crippen molar-refractivity contribution < 1.29 is 9.53 Å². The van der Waals surface area contributed by atoms with Crippen molar-refractivity contribution >= 4 is 51.7 Å². The lowest BCUT2D eigenvalue weighted by Crippen LogP contribution is -2.34. The minimum atomic E-state index is -0.302. The SMILES string of the molecule is Cc1ccc2nsnc2c1NC(=S)NC(=O)c1ccc(OCc2ccccc2)cc1. The Hall–Kier alpha value is -3.36. The predicted molar refractivity (Wildman–Crippen MR) is 123 cm³/mol. The minimum absolute atomic E-state index is 0.202. The molecule has 1 aromatic heterocycles. The van der Waals surface area contributed by atoms with Crippen molar-refractivity contribution in [3.8, 4) is 5.75 Å². The summed E-state index contributed by atoms with van der Waals surface area (Å²) >= 11 is 6.45. The van der Waals surface area contributed by atoms with Crippen LogP contribution in [0.3, 0.4) is 0 Å². The molecule has 4 aromatic rings. The molecule has 0 fully saturated rings. The highest BCUT2D eigenvalue weighted by Gasteiger charge is 2.13. The number of carbonyl (C=O) groups is 1. The highest BCUT2D eigenvalue weighted by Crippen LogP contribution is 2.25. The van der Waals surface area contributed by atoms with Crippen molar-refractivity contribution in [2.45, 2.75) is 13.5 Å². The number of rotatable bonds is 5. The second-order valence-corrected chi connectivity index (χ2v) is 7.53. The van der Waals surface area contributed by atoms with E-state index in [4.69, 9.17) is 17.0 Å². The third-order valence-corrected chi connectivity index (χ3v) is 5.21. The summed E-state index contributed by atoms with van der Waals surface area (Å²) in [4.78, 5) is 12.5. The molecule has 150 valence electrons. The molecule has 0 radical (unpaired) electrons. The van der Waals surface area contributed by atoms with E-state index in [0.717, 1.165) is 39.6 Å². The quantitative estimate of drug-likeness (QED) is 0.443. The molecule has 0 aliphatic carbocycles. The summed E-state index contributed by atoms with van der Waals surface area (Å²) in [5.74, 6) is 0.387. The van der Waals surface area contributed by atoms with Gasteiger partial charge in [0.2, 0.25) is 0 Å². The van der Waals surface area contributed by atoms with Crippen LogP contribution in [-0.4, -0.2) is 19.8 Å². The van der Waals surface area contributed by atoms with Gasteiger partial charge in [0.15, 0.2) is 5.11 Å².